The van der Waals surface area contributed by atoms with Gasteiger partial charge in [0.15, 0.2) is 11.0 Å². The third-order valence-electron chi connectivity index (χ3n) is 5.94. The number of aliphatic hydroxyl groups is 1. The Hall–Kier alpha value is -1.67. The Morgan fingerprint density at radius 3 is 2.59 bits per heavy atom. The van der Waals surface area contributed by atoms with E-state index in [4.69, 9.17) is 42.6 Å². The van der Waals surface area contributed by atoms with Gasteiger partial charge in [-0.25, -0.2) is 9.97 Å². The zero-order chi connectivity index (χ0) is 20.6. The van der Waals surface area contributed by atoms with Crippen LogP contribution in [0.5, 0.6) is 5.88 Å². The lowest BCUT2D eigenvalue weighted by Gasteiger charge is -2.39. The first-order valence-electron chi connectivity index (χ1n) is 9.68. The number of nitrogens with zero attached hydrogens (tertiary/aromatic N) is 4. The standard InChI is InChI=1S/C20H24Cl2N4O3/c1-12-17(13-9-15(28-2)25-18(22)16(13)21)24-14(10-27)19(23-12)26-6-3-20(4-7-26)5-8-29-11-20/h9,27H,3-8,10-11H2,1-2H3. The number of piperidine rings is 1. The number of rotatable bonds is 4. The topological polar surface area (TPSA) is 80.6 Å². The van der Waals surface area contributed by atoms with Gasteiger partial charge in [-0.15, -0.1) is 0 Å². The molecule has 1 spiro atoms. The van der Waals surface area contributed by atoms with E-state index in [2.05, 4.69) is 9.88 Å². The van der Waals surface area contributed by atoms with E-state index in [1.54, 1.807) is 6.07 Å². The highest BCUT2D eigenvalue weighted by Gasteiger charge is 2.38. The second-order valence-corrected chi connectivity index (χ2v) is 8.43. The van der Waals surface area contributed by atoms with Crippen molar-refractivity contribution < 1.29 is 14.6 Å². The molecule has 0 aromatic carbocycles. The van der Waals surface area contributed by atoms with Crippen molar-refractivity contribution >= 4 is 29.0 Å². The number of aliphatic hydroxyl groups excluding tert-OH is 1. The molecule has 2 aromatic heterocycles. The normalized spacial score (nSPS) is 18.4. The zero-order valence-corrected chi connectivity index (χ0v) is 18.1. The van der Waals surface area contributed by atoms with Crippen LogP contribution in [-0.4, -0.2) is 53.5 Å². The fourth-order valence-corrected chi connectivity index (χ4v) is 4.52. The van der Waals surface area contributed by atoms with Crippen LogP contribution < -0.4 is 9.64 Å². The molecule has 0 amide bonds. The number of aryl methyl sites for hydroxylation is 1. The molecule has 7 nitrogen and oxygen atoms in total. The zero-order valence-electron chi connectivity index (χ0n) is 16.5. The van der Waals surface area contributed by atoms with Crippen molar-refractivity contribution in [3.8, 4) is 17.1 Å². The van der Waals surface area contributed by atoms with E-state index in [1.165, 1.54) is 7.11 Å². The number of hydrogen-bond acceptors (Lipinski definition) is 7. The smallest absolute Gasteiger partial charge is 0.215 e. The van der Waals surface area contributed by atoms with Gasteiger partial charge >= 0.3 is 0 Å². The third-order valence-corrected chi connectivity index (χ3v) is 6.69. The average Bonchev–Trinajstić information content (AvgIpc) is 3.18. The summed E-state index contributed by atoms with van der Waals surface area (Å²) >= 11 is 12.5. The van der Waals surface area contributed by atoms with E-state index >= 15 is 0 Å². The Morgan fingerprint density at radius 2 is 1.97 bits per heavy atom. The average molecular weight is 439 g/mol. The number of halogens is 2. The molecule has 2 fully saturated rings. The van der Waals surface area contributed by atoms with Crippen molar-refractivity contribution in [2.75, 3.05) is 38.3 Å². The predicted molar refractivity (Wildman–Crippen MR) is 112 cm³/mol. The minimum absolute atomic E-state index is 0.136. The number of ether oxygens (including phenoxy) is 2. The lowest BCUT2D eigenvalue weighted by atomic mass is 9.78. The molecule has 0 aliphatic carbocycles. The van der Waals surface area contributed by atoms with Crippen LogP contribution in [0.4, 0.5) is 5.82 Å². The van der Waals surface area contributed by atoms with Crippen LogP contribution in [0, 0.1) is 12.3 Å². The Kier molecular flexibility index (Phi) is 5.84. The maximum Gasteiger partial charge on any atom is 0.215 e. The molecule has 4 rings (SSSR count). The van der Waals surface area contributed by atoms with Crippen molar-refractivity contribution in [1.82, 2.24) is 15.0 Å². The first-order chi connectivity index (χ1) is 14.0. The summed E-state index contributed by atoms with van der Waals surface area (Å²) in [5.41, 5.74) is 2.66. The van der Waals surface area contributed by atoms with Gasteiger partial charge in [0.2, 0.25) is 5.88 Å². The fourth-order valence-electron chi connectivity index (χ4n) is 4.15. The molecule has 29 heavy (non-hydrogen) atoms. The highest BCUT2D eigenvalue weighted by Crippen LogP contribution is 2.41. The maximum absolute atomic E-state index is 10.00. The molecular formula is C20H24Cl2N4O3. The molecule has 0 unspecified atom stereocenters. The highest BCUT2D eigenvalue weighted by molar-refractivity contribution is 6.43. The first-order valence-corrected chi connectivity index (χ1v) is 10.4. The Labute approximate surface area is 180 Å². The molecule has 156 valence electrons. The SMILES string of the molecule is COc1cc(-c2nc(CO)c(N3CCC4(CCOC4)CC3)nc2C)c(Cl)c(Cl)n1. The van der Waals surface area contributed by atoms with Crippen molar-refractivity contribution in [2.24, 2.45) is 5.41 Å². The number of aromatic nitrogens is 3. The van der Waals surface area contributed by atoms with E-state index in [1.807, 2.05) is 6.92 Å². The lowest BCUT2D eigenvalue weighted by molar-refractivity contribution is 0.133. The summed E-state index contributed by atoms with van der Waals surface area (Å²) in [4.78, 5) is 15.8. The van der Waals surface area contributed by atoms with Crippen molar-refractivity contribution in [1.29, 1.82) is 0 Å². The second-order valence-electron chi connectivity index (χ2n) is 7.69. The molecule has 2 aromatic rings. The monoisotopic (exact) mass is 438 g/mol. The van der Waals surface area contributed by atoms with Gasteiger partial charge < -0.3 is 19.5 Å². The Morgan fingerprint density at radius 1 is 1.21 bits per heavy atom. The molecule has 0 saturated carbocycles. The minimum Gasteiger partial charge on any atom is -0.481 e. The van der Waals surface area contributed by atoms with Crippen molar-refractivity contribution in [3.05, 3.63) is 27.6 Å². The number of methoxy groups -OCH3 is 1. The van der Waals surface area contributed by atoms with Crippen LogP contribution in [0.3, 0.4) is 0 Å². The molecule has 2 aliphatic heterocycles. The summed E-state index contributed by atoms with van der Waals surface area (Å²) in [6.07, 6.45) is 3.24. The largest absolute Gasteiger partial charge is 0.481 e. The second kappa shape index (κ2) is 8.22. The quantitative estimate of drug-likeness (QED) is 0.729. The Bertz CT molecular complexity index is 909. The fraction of sp³-hybridized carbons (Fsp3) is 0.550. The molecule has 9 heteroatoms. The molecule has 1 N–H and O–H groups in total. The molecule has 2 aliphatic rings. The summed E-state index contributed by atoms with van der Waals surface area (Å²) in [5.74, 6) is 1.07. The van der Waals surface area contributed by atoms with Crippen LogP contribution in [0.1, 0.15) is 30.7 Å². The van der Waals surface area contributed by atoms with Crippen LogP contribution in [0.15, 0.2) is 6.07 Å². The molecule has 4 heterocycles. The van der Waals surface area contributed by atoms with Gasteiger partial charge in [0, 0.05) is 31.3 Å². The van der Waals surface area contributed by atoms with E-state index in [9.17, 15) is 5.11 Å². The highest BCUT2D eigenvalue weighted by atomic mass is 35.5. The van der Waals surface area contributed by atoms with E-state index < -0.39 is 0 Å². The Balaban J connectivity index is 1.68. The number of pyridine rings is 1. The van der Waals surface area contributed by atoms with Crippen LogP contribution in [0.25, 0.3) is 11.3 Å². The van der Waals surface area contributed by atoms with Gasteiger partial charge in [0.25, 0.3) is 0 Å². The number of anilines is 1. The van der Waals surface area contributed by atoms with Gasteiger partial charge in [-0.05, 0) is 31.6 Å². The van der Waals surface area contributed by atoms with Gasteiger partial charge in [0.05, 0.1) is 36.7 Å². The van der Waals surface area contributed by atoms with E-state index in [0.29, 0.717) is 33.9 Å². The van der Waals surface area contributed by atoms with Crippen LogP contribution in [-0.2, 0) is 11.3 Å². The summed E-state index contributed by atoms with van der Waals surface area (Å²) in [6.45, 7) is 5.11. The third kappa shape index (κ3) is 3.89. The molecule has 2 saturated heterocycles. The molecule has 0 radical (unpaired) electrons. The predicted octanol–water partition coefficient (Wildman–Crippen LogP) is 3.66. The van der Waals surface area contributed by atoms with Gasteiger partial charge in [-0.3, -0.25) is 0 Å². The molecule has 0 bridgehead atoms. The molecule has 0 atom stereocenters. The van der Waals surface area contributed by atoms with Crippen LogP contribution in [0.2, 0.25) is 10.2 Å². The van der Waals surface area contributed by atoms with Gasteiger partial charge in [-0.2, -0.15) is 4.98 Å². The number of hydrogen-bond donors (Lipinski definition) is 1. The molecular weight excluding hydrogens is 415 g/mol. The van der Waals surface area contributed by atoms with E-state index in [-0.39, 0.29) is 16.8 Å². The summed E-state index contributed by atoms with van der Waals surface area (Å²) < 4.78 is 10.8. The summed E-state index contributed by atoms with van der Waals surface area (Å²) in [6, 6.07) is 1.68. The van der Waals surface area contributed by atoms with Crippen LogP contribution >= 0.6 is 23.2 Å². The van der Waals surface area contributed by atoms with E-state index in [0.717, 1.165) is 51.4 Å². The summed E-state index contributed by atoms with van der Waals surface area (Å²) in [7, 11) is 1.51. The van der Waals surface area contributed by atoms with Gasteiger partial charge in [0.1, 0.15) is 5.69 Å². The van der Waals surface area contributed by atoms with Crippen molar-refractivity contribution in [2.45, 2.75) is 32.8 Å². The first kappa shape index (κ1) is 20.6. The lowest BCUT2D eigenvalue weighted by Crippen LogP contribution is -2.41. The maximum atomic E-state index is 10.00. The van der Waals surface area contributed by atoms with Crippen molar-refractivity contribution in [3.63, 3.8) is 0 Å². The minimum atomic E-state index is -0.214. The summed E-state index contributed by atoms with van der Waals surface area (Å²) in [5, 5.41) is 10.4. The van der Waals surface area contributed by atoms with Gasteiger partial charge in [-0.1, -0.05) is 23.2 Å².